The molecule has 0 bridgehead atoms. The van der Waals surface area contributed by atoms with Crippen LogP contribution in [0.1, 0.15) is 23.8 Å². The average Bonchev–Trinajstić information content (AvgIpc) is 3.20. The molecule has 1 aliphatic carbocycles. The maximum absolute atomic E-state index is 8.99. The van der Waals surface area contributed by atoms with Gasteiger partial charge in [-0.1, -0.05) is 6.07 Å². The molecule has 1 atom stereocenters. The number of rotatable bonds is 7. The summed E-state index contributed by atoms with van der Waals surface area (Å²) in [7, 11) is 2.00. The van der Waals surface area contributed by atoms with Crippen LogP contribution in [0.4, 0.5) is 11.4 Å². The molecule has 4 heteroatoms. The highest BCUT2D eigenvalue weighted by Gasteiger charge is 2.32. The Balaban J connectivity index is 1.69. The lowest BCUT2D eigenvalue weighted by molar-refractivity contribution is 0.304. The van der Waals surface area contributed by atoms with Crippen molar-refractivity contribution in [1.82, 2.24) is 0 Å². The van der Waals surface area contributed by atoms with Crippen LogP contribution in [0.5, 0.6) is 0 Å². The number of anilines is 2. The van der Waals surface area contributed by atoms with Gasteiger partial charge in [-0.3, -0.25) is 0 Å². The largest absolute Gasteiger partial charge is 0.395 e. The van der Waals surface area contributed by atoms with Gasteiger partial charge < -0.3 is 15.3 Å². The Morgan fingerprint density at radius 2 is 2.05 bits per heavy atom. The van der Waals surface area contributed by atoms with Gasteiger partial charge in [0.05, 0.1) is 12.6 Å². The van der Waals surface area contributed by atoms with Gasteiger partial charge in [-0.25, -0.2) is 0 Å². The van der Waals surface area contributed by atoms with Crippen LogP contribution in [0.15, 0.2) is 41.8 Å². The van der Waals surface area contributed by atoms with Crippen molar-refractivity contribution in [2.45, 2.75) is 18.9 Å². The molecule has 3 rings (SSSR count). The predicted molar refractivity (Wildman–Crippen MR) is 90.2 cm³/mol. The molecule has 0 radical (unpaired) electrons. The summed E-state index contributed by atoms with van der Waals surface area (Å²) in [5.74, 6) is 0.778. The SMILES string of the molecule is CN(CCO)c1ccc(NC(c2cccs2)C2CC2)cc1. The van der Waals surface area contributed by atoms with E-state index in [9.17, 15) is 0 Å². The lowest BCUT2D eigenvalue weighted by atomic mass is 10.1. The predicted octanol–water partition coefficient (Wildman–Crippen LogP) is 3.74. The molecule has 0 spiro atoms. The summed E-state index contributed by atoms with van der Waals surface area (Å²) in [6, 6.07) is 13.3. The Labute approximate surface area is 130 Å². The third kappa shape index (κ3) is 3.57. The topological polar surface area (TPSA) is 35.5 Å². The van der Waals surface area contributed by atoms with E-state index in [1.165, 1.54) is 23.4 Å². The summed E-state index contributed by atoms with van der Waals surface area (Å²) in [5, 5.41) is 14.8. The normalized spacial score (nSPS) is 15.7. The van der Waals surface area contributed by atoms with Gasteiger partial charge in [0.25, 0.3) is 0 Å². The van der Waals surface area contributed by atoms with E-state index in [-0.39, 0.29) is 6.61 Å². The first-order valence-corrected chi connectivity index (χ1v) is 8.38. The number of hydrogen-bond donors (Lipinski definition) is 2. The van der Waals surface area contributed by atoms with E-state index in [1.807, 2.05) is 18.4 Å². The summed E-state index contributed by atoms with van der Waals surface area (Å²) in [5.41, 5.74) is 2.30. The molecule has 0 saturated heterocycles. The fourth-order valence-corrected chi connectivity index (χ4v) is 3.46. The molecule has 2 N–H and O–H groups in total. The van der Waals surface area contributed by atoms with Crippen molar-refractivity contribution in [2.24, 2.45) is 5.92 Å². The Kier molecular flexibility index (Phi) is 4.46. The second-order valence-corrected chi connectivity index (χ2v) is 6.65. The second kappa shape index (κ2) is 6.50. The van der Waals surface area contributed by atoms with Crippen LogP contribution in [0.25, 0.3) is 0 Å². The number of aliphatic hydroxyl groups is 1. The minimum Gasteiger partial charge on any atom is -0.395 e. The molecule has 1 heterocycles. The number of aliphatic hydroxyl groups excluding tert-OH is 1. The van der Waals surface area contributed by atoms with E-state index >= 15 is 0 Å². The molecule has 1 aromatic carbocycles. The Bertz CT molecular complexity index is 549. The lowest BCUT2D eigenvalue weighted by Crippen LogP contribution is -2.21. The van der Waals surface area contributed by atoms with Crippen LogP contribution < -0.4 is 10.2 Å². The second-order valence-electron chi connectivity index (χ2n) is 5.67. The molecule has 112 valence electrons. The molecule has 21 heavy (non-hydrogen) atoms. The first kappa shape index (κ1) is 14.4. The fourth-order valence-electron chi connectivity index (χ4n) is 2.59. The fraction of sp³-hybridized carbons (Fsp3) is 0.412. The summed E-state index contributed by atoms with van der Waals surface area (Å²) < 4.78 is 0. The van der Waals surface area contributed by atoms with Gasteiger partial charge in [0.2, 0.25) is 0 Å². The van der Waals surface area contributed by atoms with Crippen LogP contribution >= 0.6 is 11.3 Å². The van der Waals surface area contributed by atoms with E-state index in [1.54, 1.807) is 0 Å². The van der Waals surface area contributed by atoms with E-state index in [0.717, 1.165) is 11.6 Å². The number of hydrogen-bond acceptors (Lipinski definition) is 4. The highest BCUT2D eigenvalue weighted by atomic mass is 32.1. The maximum atomic E-state index is 8.99. The molecule has 2 aromatic rings. The molecule has 1 unspecified atom stereocenters. The van der Waals surface area contributed by atoms with Gasteiger partial charge in [0.15, 0.2) is 0 Å². The first-order valence-electron chi connectivity index (χ1n) is 7.50. The standard InChI is InChI=1S/C17H22N2OS/c1-19(10-11-20)15-8-6-14(7-9-15)18-17(13-4-5-13)16-3-2-12-21-16/h2-3,6-9,12-13,17-18,20H,4-5,10-11H2,1H3. The van der Waals surface area contributed by atoms with Gasteiger partial charge in [-0.2, -0.15) is 0 Å². The Hall–Kier alpha value is -1.52. The molecule has 3 nitrogen and oxygen atoms in total. The van der Waals surface area contributed by atoms with Crippen molar-refractivity contribution < 1.29 is 5.11 Å². The van der Waals surface area contributed by atoms with Crippen LogP contribution in [-0.4, -0.2) is 25.3 Å². The minimum absolute atomic E-state index is 0.179. The number of benzene rings is 1. The molecule has 1 fully saturated rings. The van der Waals surface area contributed by atoms with Gasteiger partial charge in [0, 0.05) is 29.8 Å². The highest BCUT2D eigenvalue weighted by Crippen LogP contribution is 2.44. The van der Waals surface area contributed by atoms with Crippen molar-refractivity contribution >= 4 is 22.7 Å². The zero-order valence-electron chi connectivity index (χ0n) is 12.3. The van der Waals surface area contributed by atoms with Gasteiger partial charge in [-0.05, 0) is 54.5 Å². The zero-order chi connectivity index (χ0) is 14.7. The minimum atomic E-state index is 0.179. The third-order valence-corrected chi connectivity index (χ3v) is 4.96. The lowest BCUT2D eigenvalue weighted by Gasteiger charge is -2.21. The number of likely N-dealkylation sites (N-methyl/N-ethyl adjacent to an activating group) is 1. The van der Waals surface area contributed by atoms with Crippen molar-refractivity contribution in [3.63, 3.8) is 0 Å². The average molecular weight is 302 g/mol. The monoisotopic (exact) mass is 302 g/mol. The summed E-state index contributed by atoms with van der Waals surface area (Å²) in [4.78, 5) is 3.49. The van der Waals surface area contributed by atoms with E-state index in [4.69, 9.17) is 5.11 Å². The van der Waals surface area contributed by atoms with Crippen molar-refractivity contribution in [2.75, 3.05) is 30.4 Å². The van der Waals surface area contributed by atoms with E-state index in [0.29, 0.717) is 12.6 Å². The van der Waals surface area contributed by atoms with E-state index in [2.05, 4.69) is 52.0 Å². The summed E-state index contributed by atoms with van der Waals surface area (Å²) in [6.07, 6.45) is 2.65. The molecular formula is C17H22N2OS. The Morgan fingerprint density at radius 1 is 1.29 bits per heavy atom. The van der Waals surface area contributed by atoms with Crippen molar-refractivity contribution in [3.8, 4) is 0 Å². The van der Waals surface area contributed by atoms with Crippen LogP contribution in [-0.2, 0) is 0 Å². The van der Waals surface area contributed by atoms with E-state index < -0.39 is 0 Å². The molecular weight excluding hydrogens is 280 g/mol. The van der Waals surface area contributed by atoms with Crippen molar-refractivity contribution in [3.05, 3.63) is 46.7 Å². The molecule has 0 aliphatic heterocycles. The summed E-state index contributed by atoms with van der Waals surface area (Å²) in [6.45, 7) is 0.839. The molecule has 1 saturated carbocycles. The van der Waals surface area contributed by atoms with Crippen LogP contribution in [0.2, 0.25) is 0 Å². The third-order valence-electron chi connectivity index (χ3n) is 4.01. The first-order chi connectivity index (χ1) is 10.3. The summed E-state index contributed by atoms with van der Waals surface area (Å²) >= 11 is 1.83. The van der Waals surface area contributed by atoms with Crippen LogP contribution in [0.3, 0.4) is 0 Å². The number of nitrogens with zero attached hydrogens (tertiary/aromatic N) is 1. The van der Waals surface area contributed by atoms with Gasteiger partial charge in [-0.15, -0.1) is 11.3 Å². The zero-order valence-corrected chi connectivity index (χ0v) is 13.1. The highest BCUT2D eigenvalue weighted by molar-refractivity contribution is 7.10. The van der Waals surface area contributed by atoms with Gasteiger partial charge >= 0.3 is 0 Å². The number of thiophene rings is 1. The quantitative estimate of drug-likeness (QED) is 0.818. The molecule has 1 aliphatic rings. The van der Waals surface area contributed by atoms with Gasteiger partial charge in [0.1, 0.15) is 0 Å². The molecule has 1 aromatic heterocycles. The van der Waals surface area contributed by atoms with Crippen LogP contribution in [0, 0.1) is 5.92 Å². The smallest absolute Gasteiger partial charge is 0.0634 e. The number of nitrogens with one attached hydrogen (secondary N) is 1. The molecule has 0 amide bonds. The maximum Gasteiger partial charge on any atom is 0.0634 e. The van der Waals surface area contributed by atoms with Crippen molar-refractivity contribution in [1.29, 1.82) is 0 Å². The Morgan fingerprint density at radius 3 is 2.62 bits per heavy atom.